The maximum Gasteiger partial charge on any atom is 0.163 e. The Kier molecular flexibility index (Phi) is 3.64. The Balaban J connectivity index is 1.76. The van der Waals surface area contributed by atoms with Gasteiger partial charge in [-0.25, -0.2) is 0 Å². The number of thiophene rings is 1. The third kappa shape index (κ3) is 3.04. The number of aliphatic hydroxyl groups excluding tert-OH is 1. The van der Waals surface area contributed by atoms with Gasteiger partial charge >= 0.3 is 0 Å². The molecule has 0 unspecified atom stereocenters. The van der Waals surface area contributed by atoms with Gasteiger partial charge < -0.3 is 14.6 Å². The summed E-state index contributed by atoms with van der Waals surface area (Å²) in [6.07, 6.45) is 1.29. The van der Waals surface area contributed by atoms with Crippen LogP contribution in [0.3, 0.4) is 0 Å². The molecule has 0 radical (unpaired) electrons. The van der Waals surface area contributed by atoms with Crippen molar-refractivity contribution in [3.63, 3.8) is 0 Å². The number of hydrogen-bond donors (Lipinski definition) is 1. The first kappa shape index (κ1) is 12.0. The van der Waals surface area contributed by atoms with Crippen molar-refractivity contribution in [1.82, 2.24) is 0 Å². The molecule has 0 amide bonds. The highest BCUT2D eigenvalue weighted by atomic mass is 32.1. The van der Waals surface area contributed by atoms with Gasteiger partial charge in [0.1, 0.15) is 0 Å². The zero-order chi connectivity index (χ0) is 11.6. The van der Waals surface area contributed by atoms with Gasteiger partial charge in [0.2, 0.25) is 0 Å². The van der Waals surface area contributed by atoms with Crippen LogP contribution >= 0.6 is 11.3 Å². The van der Waals surface area contributed by atoms with Gasteiger partial charge in [0.05, 0.1) is 18.8 Å². The van der Waals surface area contributed by atoms with Crippen molar-refractivity contribution in [3.8, 4) is 0 Å². The lowest BCUT2D eigenvalue weighted by Gasteiger charge is -2.17. The van der Waals surface area contributed by atoms with Crippen molar-refractivity contribution in [2.75, 3.05) is 6.61 Å². The van der Waals surface area contributed by atoms with E-state index in [0.29, 0.717) is 6.61 Å². The molecule has 4 heteroatoms. The van der Waals surface area contributed by atoms with Gasteiger partial charge in [0.25, 0.3) is 0 Å². The molecule has 0 bridgehead atoms. The summed E-state index contributed by atoms with van der Waals surface area (Å²) in [5.41, 5.74) is 1.00. The molecule has 1 aromatic heterocycles. The highest BCUT2D eigenvalue weighted by Crippen LogP contribution is 2.28. The molecule has 2 heterocycles. The summed E-state index contributed by atoms with van der Waals surface area (Å²) < 4.78 is 11.2. The molecule has 1 saturated heterocycles. The second-order valence-electron chi connectivity index (χ2n) is 4.60. The van der Waals surface area contributed by atoms with Crippen LogP contribution in [-0.2, 0) is 9.47 Å². The Bertz CT molecular complexity index is 321. The number of ether oxygens (including phenoxy) is 2. The quantitative estimate of drug-likeness (QED) is 0.882. The van der Waals surface area contributed by atoms with E-state index >= 15 is 0 Å². The Morgan fingerprint density at radius 3 is 3.00 bits per heavy atom. The second kappa shape index (κ2) is 4.84. The van der Waals surface area contributed by atoms with Crippen molar-refractivity contribution in [3.05, 3.63) is 22.4 Å². The average molecular weight is 242 g/mol. The van der Waals surface area contributed by atoms with Crippen molar-refractivity contribution >= 4 is 11.3 Å². The van der Waals surface area contributed by atoms with Gasteiger partial charge in [0.15, 0.2) is 5.79 Å². The highest BCUT2D eigenvalue weighted by Gasteiger charge is 2.32. The minimum absolute atomic E-state index is 0.114. The normalized spacial score (nSPS) is 25.8. The minimum atomic E-state index is -0.460. The largest absolute Gasteiger partial charge is 0.388 e. The van der Waals surface area contributed by atoms with E-state index in [9.17, 15) is 5.11 Å². The van der Waals surface area contributed by atoms with Crippen LogP contribution in [0.2, 0.25) is 0 Å². The maximum absolute atomic E-state index is 9.91. The first-order chi connectivity index (χ1) is 7.57. The third-order valence-electron chi connectivity index (χ3n) is 2.76. The van der Waals surface area contributed by atoms with Crippen LogP contribution < -0.4 is 0 Å². The average Bonchev–Trinajstić information content (AvgIpc) is 2.83. The Morgan fingerprint density at radius 1 is 1.62 bits per heavy atom. The predicted octanol–water partition coefficient (Wildman–Crippen LogP) is 2.71. The molecular formula is C12H18O3S. The Hall–Kier alpha value is -0.420. The molecule has 0 aromatic carbocycles. The van der Waals surface area contributed by atoms with Crippen molar-refractivity contribution in [1.29, 1.82) is 0 Å². The summed E-state index contributed by atoms with van der Waals surface area (Å²) in [6, 6.07) is 1.96. The van der Waals surface area contributed by atoms with E-state index in [0.717, 1.165) is 18.4 Å². The molecule has 1 aromatic rings. The van der Waals surface area contributed by atoms with Crippen LogP contribution in [0.4, 0.5) is 0 Å². The van der Waals surface area contributed by atoms with Gasteiger partial charge in [-0.3, -0.25) is 0 Å². The molecule has 0 saturated carbocycles. The van der Waals surface area contributed by atoms with E-state index in [2.05, 4.69) is 0 Å². The lowest BCUT2D eigenvalue weighted by atomic mass is 10.1. The monoisotopic (exact) mass is 242 g/mol. The van der Waals surface area contributed by atoms with Gasteiger partial charge in [-0.05, 0) is 49.1 Å². The van der Waals surface area contributed by atoms with E-state index in [1.165, 1.54) is 0 Å². The van der Waals surface area contributed by atoms with Crippen LogP contribution in [0, 0.1) is 0 Å². The standard InChI is InChI=1S/C12H18O3S/c1-12(2)14-7-10(15-12)3-4-11(13)9-5-6-16-8-9/h5-6,8,10-11,13H,3-4,7H2,1-2H3/t10-,11-/m0/s1. The SMILES string of the molecule is CC1(C)OC[C@H](CC[C@H](O)c2ccsc2)O1. The summed E-state index contributed by atoms with van der Waals surface area (Å²) in [4.78, 5) is 0. The van der Waals surface area contributed by atoms with Gasteiger partial charge in [-0.15, -0.1) is 0 Å². The number of aliphatic hydroxyl groups is 1. The fourth-order valence-electron chi connectivity index (χ4n) is 1.88. The molecule has 16 heavy (non-hydrogen) atoms. The maximum atomic E-state index is 9.91. The molecule has 3 nitrogen and oxygen atoms in total. The molecule has 2 rings (SSSR count). The zero-order valence-corrected chi connectivity index (χ0v) is 10.5. The number of hydrogen-bond acceptors (Lipinski definition) is 4. The first-order valence-corrected chi connectivity index (χ1v) is 6.53. The highest BCUT2D eigenvalue weighted by molar-refractivity contribution is 7.07. The van der Waals surface area contributed by atoms with Crippen LogP contribution in [-0.4, -0.2) is 23.6 Å². The summed E-state index contributed by atoms with van der Waals surface area (Å²) in [5.74, 6) is -0.460. The molecular weight excluding hydrogens is 224 g/mol. The van der Waals surface area contributed by atoms with Gasteiger partial charge in [0, 0.05) is 0 Å². The van der Waals surface area contributed by atoms with E-state index in [-0.39, 0.29) is 12.2 Å². The molecule has 1 N–H and O–H groups in total. The first-order valence-electron chi connectivity index (χ1n) is 5.59. The lowest BCUT2D eigenvalue weighted by molar-refractivity contribution is -0.139. The fourth-order valence-corrected chi connectivity index (χ4v) is 2.59. The van der Waals surface area contributed by atoms with Crippen LogP contribution in [0.15, 0.2) is 16.8 Å². The van der Waals surface area contributed by atoms with Crippen LogP contribution in [0.1, 0.15) is 38.4 Å². The Morgan fingerprint density at radius 2 is 2.44 bits per heavy atom. The molecule has 1 aliphatic heterocycles. The molecule has 0 spiro atoms. The summed E-state index contributed by atoms with van der Waals surface area (Å²) >= 11 is 1.61. The molecule has 2 atom stereocenters. The van der Waals surface area contributed by atoms with Crippen molar-refractivity contribution < 1.29 is 14.6 Å². The summed E-state index contributed by atoms with van der Waals surface area (Å²) in [7, 11) is 0. The topological polar surface area (TPSA) is 38.7 Å². The van der Waals surface area contributed by atoms with Crippen LogP contribution in [0.25, 0.3) is 0 Å². The Labute approximate surface area is 100 Å². The van der Waals surface area contributed by atoms with Crippen molar-refractivity contribution in [2.45, 2.75) is 44.7 Å². The molecule has 1 aliphatic rings. The van der Waals surface area contributed by atoms with E-state index in [1.807, 2.05) is 30.7 Å². The fraction of sp³-hybridized carbons (Fsp3) is 0.667. The van der Waals surface area contributed by atoms with E-state index in [1.54, 1.807) is 11.3 Å². The molecule has 0 aliphatic carbocycles. The van der Waals surface area contributed by atoms with Gasteiger partial charge in [-0.2, -0.15) is 11.3 Å². The minimum Gasteiger partial charge on any atom is -0.388 e. The van der Waals surface area contributed by atoms with E-state index < -0.39 is 5.79 Å². The second-order valence-corrected chi connectivity index (χ2v) is 5.38. The molecule has 90 valence electrons. The lowest BCUT2D eigenvalue weighted by Crippen LogP contribution is -2.21. The smallest absolute Gasteiger partial charge is 0.163 e. The van der Waals surface area contributed by atoms with Crippen LogP contribution in [0.5, 0.6) is 0 Å². The van der Waals surface area contributed by atoms with E-state index in [4.69, 9.17) is 9.47 Å². The third-order valence-corrected chi connectivity index (χ3v) is 3.46. The predicted molar refractivity (Wildman–Crippen MR) is 63.4 cm³/mol. The summed E-state index contributed by atoms with van der Waals surface area (Å²) in [5, 5.41) is 13.9. The summed E-state index contributed by atoms with van der Waals surface area (Å²) in [6.45, 7) is 4.47. The van der Waals surface area contributed by atoms with Crippen molar-refractivity contribution in [2.24, 2.45) is 0 Å². The van der Waals surface area contributed by atoms with Gasteiger partial charge in [-0.1, -0.05) is 0 Å². The zero-order valence-electron chi connectivity index (χ0n) is 9.68. The molecule has 1 fully saturated rings. The number of rotatable bonds is 4.